The van der Waals surface area contributed by atoms with Gasteiger partial charge < -0.3 is 10.1 Å². The number of ether oxygens (including phenoxy) is 1. The number of thioether (sulfide) groups is 1. The summed E-state index contributed by atoms with van der Waals surface area (Å²) in [6.07, 6.45) is 2.98. The summed E-state index contributed by atoms with van der Waals surface area (Å²) in [5.74, 6) is -1.94. The molecule has 0 unspecified atom stereocenters. The first-order chi connectivity index (χ1) is 16.7. The van der Waals surface area contributed by atoms with E-state index in [-0.39, 0.29) is 33.5 Å². The Morgan fingerprint density at radius 1 is 1.20 bits per heavy atom. The van der Waals surface area contributed by atoms with Crippen LogP contribution in [-0.4, -0.2) is 46.0 Å². The zero-order valence-electron chi connectivity index (χ0n) is 18.5. The van der Waals surface area contributed by atoms with Gasteiger partial charge in [0.1, 0.15) is 6.54 Å². The monoisotopic (exact) mass is 517 g/mol. The zero-order valence-corrected chi connectivity index (χ0v) is 20.1. The van der Waals surface area contributed by atoms with E-state index in [1.807, 2.05) is 6.92 Å². The second-order valence-electron chi connectivity index (χ2n) is 7.35. The van der Waals surface area contributed by atoms with Gasteiger partial charge in [0.25, 0.3) is 16.8 Å². The maximum absolute atomic E-state index is 12.6. The number of nitrogens with one attached hydrogen (secondary N) is 1. The number of imide groups is 1. The summed E-state index contributed by atoms with van der Waals surface area (Å²) >= 11 is 6.73. The van der Waals surface area contributed by atoms with Crippen molar-refractivity contribution in [3.05, 3.63) is 73.6 Å². The van der Waals surface area contributed by atoms with E-state index < -0.39 is 34.5 Å². The Balaban J connectivity index is 1.65. The molecule has 0 bridgehead atoms. The largest absolute Gasteiger partial charge is 0.462 e. The Bertz CT molecular complexity index is 1210. The number of halogens is 1. The van der Waals surface area contributed by atoms with Gasteiger partial charge in [0.05, 0.1) is 27.0 Å². The van der Waals surface area contributed by atoms with Gasteiger partial charge in [0.15, 0.2) is 0 Å². The molecule has 10 nitrogen and oxygen atoms in total. The van der Waals surface area contributed by atoms with Gasteiger partial charge in [-0.25, -0.2) is 4.79 Å². The lowest BCUT2D eigenvalue weighted by molar-refractivity contribution is -0.384. The number of benzene rings is 2. The Morgan fingerprint density at radius 3 is 2.57 bits per heavy atom. The topological polar surface area (TPSA) is 136 Å². The number of nitro groups is 1. The Morgan fingerprint density at radius 2 is 1.91 bits per heavy atom. The van der Waals surface area contributed by atoms with E-state index in [2.05, 4.69) is 5.32 Å². The molecular weight excluding hydrogens is 498 g/mol. The number of non-ortho nitro benzene ring substituents is 1. The fourth-order valence-electron chi connectivity index (χ4n) is 2.97. The lowest BCUT2D eigenvalue weighted by atomic mass is 10.2. The Kier molecular flexibility index (Phi) is 8.61. The number of rotatable bonds is 9. The SMILES string of the molecule is CCCCOC(=O)c1cc(NC(=O)CN2C(=O)S/C(=C/c3ccc([N+](=O)[O-])cc3)C2=O)ccc1Cl. The van der Waals surface area contributed by atoms with E-state index in [4.69, 9.17) is 16.3 Å². The second-order valence-corrected chi connectivity index (χ2v) is 8.75. The number of nitro benzene ring substituents is 1. The van der Waals surface area contributed by atoms with Crippen molar-refractivity contribution in [1.82, 2.24) is 4.90 Å². The third kappa shape index (κ3) is 6.67. The second kappa shape index (κ2) is 11.6. The third-order valence-electron chi connectivity index (χ3n) is 4.78. The number of carbonyl (C=O) groups is 4. The van der Waals surface area contributed by atoms with Crippen molar-refractivity contribution in [3.8, 4) is 0 Å². The van der Waals surface area contributed by atoms with Crippen molar-refractivity contribution in [1.29, 1.82) is 0 Å². The molecule has 1 aliphatic rings. The van der Waals surface area contributed by atoms with Crippen LogP contribution in [0, 0.1) is 10.1 Å². The number of unbranched alkanes of at least 4 members (excludes halogenated alkanes) is 1. The predicted molar refractivity (Wildman–Crippen MR) is 131 cm³/mol. The molecule has 3 amide bonds. The molecule has 0 aliphatic carbocycles. The molecule has 3 rings (SSSR count). The van der Waals surface area contributed by atoms with E-state index in [0.717, 1.165) is 11.3 Å². The van der Waals surface area contributed by atoms with E-state index in [1.54, 1.807) is 0 Å². The smallest absolute Gasteiger partial charge is 0.339 e. The molecule has 1 N–H and O–H groups in total. The van der Waals surface area contributed by atoms with Crippen LogP contribution in [-0.2, 0) is 14.3 Å². The first-order valence-corrected chi connectivity index (χ1v) is 11.7. The minimum atomic E-state index is -0.662. The molecule has 182 valence electrons. The zero-order chi connectivity index (χ0) is 25.5. The van der Waals surface area contributed by atoms with Gasteiger partial charge >= 0.3 is 5.97 Å². The van der Waals surface area contributed by atoms with Gasteiger partial charge in [-0.1, -0.05) is 24.9 Å². The van der Waals surface area contributed by atoms with Crippen LogP contribution in [0.3, 0.4) is 0 Å². The molecule has 2 aromatic rings. The van der Waals surface area contributed by atoms with Crippen LogP contribution in [0.25, 0.3) is 6.08 Å². The fraction of sp³-hybridized carbons (Fsp3) is 0.217. The summed E-state index contributed by atoms with van der Waals surface area (Å²) in [7, 11) is 0. The number of anilines is 1. The van der Waals surface area contributed by atoms with Gasteiger partial charge in [-0.05, 0) is 60.2 Å². The molecule has 12 heteroatoms. The molecule has 0 saturated carbocycles. The Hall–Kier alpha value is -3.70. The molecular formula is C23H20ClN3O7S. The highest BCUT2D eigenvalue weighted by Gasteiger charge is 2.36. The normalized spacial score (nSPS) is 14.3. The highest BCUT2D eigenvalue weighted by molar-refractivity contribution is 8.18. The minimum Gasteiger partial charge on any atom is -0.462 e. The molecule has 0 spiro atoms. The van der Waals surface area contributed by atoms with Crippen molar-refractivity contribution < 1.29 is 28.8 Å². The summed E-state index contributed by atoms with van der Waals surface area (Å²) in [5.41, 5.74) is 0.713. The summed E-state index contributed by atoms with van der Waals surface area (Å²) in [4.78, 5) is 60.8. The quantitative estimate of drug-likeness (QED) is 0.163. The summed E-state index contributed by atoms with van der Waals surface area (Å²) < 4.78 is 5.15. The average molecular weight is 518 g/mol. The lowest BCUT2D eigenvalue weighted by Crippen LogP contribution is -2.36. The number of carbonyl (C=O) groups excluding carboxylic acids is 4. The summed E-state index contributed by atoms with van der Waals surface area (Å²) in [5, 5.41) is 12.8. The fourth-order valence-corrected chi connectivity index (χ4v) is 4.00. The first-order valence-electron chi connectivity index (χ1n) is 10.5. The summed E-state index contributed by atoms with van der Waals surface area (Å²) in [6.45, 7) is 1.66. The number of esters is 1. The molecule has 1 saturated heterocycles. The van der Waals surface area contributed by atoms with Crippen LogP contribution in [0.2, 0.25) is 5.02 Å². The molecule has 0 radical (unpaired) electrons. The number of hydrogen-bond acceptors (Lipinski definition) is 8. The van der Waals surface area contributed by atoms with Crippen LogP contribution in [0.1, 0.15) is 35.7 Å². The van der Waals surface area contributed by atoms with Crippen LogP contribution in [0.5, 0.6) is 0 Å². The van der Waals surface area contributed by atoms with Crippen molar-refractivity contribution in [3.63, 3.8) is 0 Å². The molecule has 1 aliphatic heterocycles. The molecule has 2 aromatic carbocycles. The highest BCUT2D eigenvalue weighted by atomic mass is 35.5. The van der Waals surface area contributed by atoms with Crippen molar-refractivity contribution in [2.45, 2.75) is 19.8 Å². The maximum atomic E-state index is 12.6. The van der Waals surface area contributed by atoms with E-state index in [0.29, 0.717) is 23.7 Å². The van der Waals surface area contributed by atoms with E-state index in [1.165, 1.54) is 48.5 Å². The van der Waals surface area contributed by atoms with Gasteiger partial charge in [-0.2, -0.15) is 0 Å². The lowest BCUT2D eigenvalue weighted by Gasteiger charge is -2.13. The van der Waals surface area contributed by atoms with Gasteiger partial charge in [-0.3, -0.25) is 29.4 Å². The van der Waals surface area contributed by atoms with Gasteiger partial charge in [0.2, 0.25) is 5.91 Å². The number of hydrogen-bond donors (Lipinski definition) is 1. The summed E-state index contributed by atoms with van der Waals surface area (Å²) in [6, 6.07) is 9.73. The Labute approximate surface area is 209 Å². The highest BCUT2D eigenvalue weighted by Crippen LogP contribution is 2.32. The number of amides is 3. The van der Waals surface area contributed by atoms with E-state index >= 15 is 0 Å². The molecule has 1 heterocycles. The van der Waals surface area contributed by atoms with Crippen molar-refractivity contribution in [2.75, 3.05) is 18.5 Å². The average Bonchev–Trinajstić information content (AvgIpc) is 3.08. The minimum absolute atomic E-state index is 0.0813. The molecule has 1 fully saturated rings. The third-order valence-corrected chi connectivity index (χ3v) is 6.02. The van der Waals surface area contributed by atoms with Gasteiger partial charge in [0, 0.05) is 17.8 Å². The van der Waals surface area contributed by atoms with Crippen LogP contribution in [0.4, 0.5) is 16.2 Å². The van der Waals surface area contributed by atoms with Crippen molar-refractivity contribution >= 4 is 63.8 Å². The predicted octanol–water partition coefficient (Wildman–Crippen LogP) is 4.88. The number of nitrogens with zero attached hydrogens (tertiary/aromatic N) is 2. The molecule has 0 aromatic heterocycles. The van der Waals surface area contributed by atoms with Crippen LogP contribution in [0.15, 0.2) is 47.4 Å². The van der Waals surface area contributed by atoms with Crippen molar-refractivity contribution in [2.24, 2.45) is 0 Å². The maximum Gasteiger partial charge on any atom is 0.339 e. The van der Waals surface area contributed by atoms with Crippen LogP contribution < -0.4 is 5.32 Å². The molecule has 0 atom stereocenters. The van der Waals surface area contributed by atoms with Gasteiger partial charge in [-0.15, -0.1) is 0 Å². The van der Waals surface area contributed by atoms with E-state index in [9.17, 15) is 29.3 Å². The standard InChI is InChI=1S/C23H20ClN3O7S/c1-2-3-10-34-22(30)17-12-15(6-9-18(17)24)25-20(28)13-26-21(29)19(35-23(26)31)11-14-4-7-16(8-5-14)27(32)33/h4-9,11-12H,2-3,10,13H2,1H3,(H,25,28)/b19-11+. The first kappa shape index (κ1) is 25.9. The molecule has 35 heavy (non-hydrogen) atoms. The van der Waals surface area contributed by atoms with Crippen LogP contribution >= 0.6 is 23.4 Å².